The van der Waals surface area contributed by atoms with Crippen molar-refractivity contribution in [2.24, 2.45) is 57.2 Å². The number of hydrogen-bond acceptors (Lipinski definition) is 0. The molecule has 5 saturated carbocycles. The normalized spacial score (nSPS) is 57.6. The molecule has 0 aliphatic heterocycles. The van der Waals surface area contributed by atoms with Crippen LogP contribution in [-0.4, -0.2) is 0 Å². The Morgan fingerprint density at radius 2 is 1.36 bits per heavy atom. The fourth-order valence-electron chi connectivity index (χ4n) is 11.1. The summed E-state index contributed by atoms with van der Waals surface area (Å²) in [7, 11) is 0. The van der Waals surface area contributed by atoms with Crippen molar-refractivity contribution in [3.8, 4) is 0 Å². The van der Waals surface area contributed by atoms with Crippen molar-refractivity contribution >= 4 is 0 Å². The molecule has 0 N–H and O–H groups in total. The molecular formula is C28H48. The zero-order valence-electron chi connectivity index (χ0n) is 19.9. The summed E-state index contributed by atoms with van der Waals surface area (Å²) in [6.45, 7) is 16.0. The van der Waals surface area contributed by atoms with Gasteiger partial charge in [0.25, 0.3) is 0 Å². The Labute approximate surface area is 176 Å². The van der Waals surface area contributed by atoms with Crippen molar-refractivity contribution in [3.63, 3.8) is 0 Å². The lowest BCUT2D eigenvalue weighted by molar-refractivity contribution is -0.215. The summed E-state index contributed by atoms with van der Waals surface area (Å²) < 4.78 is 0. The standard InChI is InChI=1S/C28H48/c1-7-19-12-16-26(4)21(19)13-18-28(6)24(26)11-10-23-20-9-8-15-25(2,3)22(20)14-17-27(23,28)5/h19-24H,7-18H2,1-6H3/t19-,20-,21-,22+,23+,24+,26-,27+,28+/m0/s1. The van der Waals surface area contributed by atoms with Crippen LogP contribution in [-0.2, 0) is 0 Å². The van der Waals surface area contributed by atoms with E-state index in [0.717, 1.165) is 35.5 Å². The van der Waals surface area contributed by atoms with Crippen LogP contribution in [0.3, 0.4) is 0 Å². The molecule has 9 atom stereocenters. The molecule has 0 saturated heterocycles. The predicted molar refractivity (Wildman–Crippen MR) is 120 cm³/mol. The highest BCUT2D eigenvalue weighted by Gasteiger charge is 2.67. The fourth-order valence-corrected chi connectivity index (χ4v) is 11.1. The van der Waals surface area contributed by atoms with Gasteiger partial charge in [0, 0.05) is 0 Å². The van der Waals surface area contributed by atoms with Gasteiger partial charge in [-0.3, -0.25) is 0 Å². The Balaban J connectivity index is 1.49. The van der Waals surface area contributed by atoms with Gasteiger partial charge in [-0.05, 0) is 121 Å². The van der Waals surface area contributed by atoms with Gasteiger partial charge in [0.1, 0.15) is 0 Å². The summed E-state index contributed by atoms with van der Waals surface area (Å²) in [5.41, 5.74) is 2.48. The lowest BCUT2D eigenvalue weighted by Gasteiger charge is -2.70. The number of hydrogen-bond donors (Lipinski definition) is 0. The zero-order valence-corrected chi connectivity index (χ0v) is 19.9. The van der Waals surface area contributed by atoms with Gasteiger partial charge in [0.05, 0.1) is 0 Å². The van der Waals surface area contributed by atoms with E-state index < -0.39 is 0 Å². The molecule has 5 rings (SSSR count). The van der Waals surface area contributed by atoms with E-state index in [1.807, 2.05) is 0 Å². The van der Waals surface area contributed by atoms with E-state index in [1.54, 1.807) is 32.1 Å². The lowest BCUT2D eigenvalue weighted by Crippen LogP contribution is -2.63. The Kier molecular flexibility index (Phi) is 4.46. The third-order valence-corrected chi connectivity index (χ3v) is 12.8. The molecule has 0 nitrogen and oxygen atoms in total. The maximum absolute atomic E-state index is 2.80. The summed E-state index contributed by atoms with van der Waals surface area (Å²) in [5.74, 6) is 6.16. The van der Waals surface area contributed by atoms with E-state index in [0.29, 0.717) is 21.7 Å². The van der Waals surface area contributed by atoms with Crippen molar-refractivity contribution in [3.05, 3.63) is 0 Å². The van der Waals surface area contributed by atoms with Gasteiger partial charge in [-0.1, -0.05) is 54.4 Å². The molecule has 0 heteroatoms. The van der Waals surface area contributed by atoms with Crippen molar-refractivity contribution in [1.29, 1.82) is 0 Å². The van der Waals surface area contributed by atoms with E-state index >= 15 is 0 Å². The van der Waals surface area contributed by atoms with E-state index in [1.165, 1.54) is 44.9 Å². The van der Waals surface area contributed by atoms with Crippen LogP contribution in [0.5, 0.6) is 0 Å². The second kappa shape index (κ2) is 6.26. The molecule has 0 radical (unpaired) electrons. The minimum absolute atomic E-state index is 0.603. The van der Waals surface area contributed by atoms with Crippen LogP contribution in [0.15, 0.2) is 0 Å². The number of fused-ring (bicyclic) bond motifs is 7. The van der Waals surface area contributed by atoms with Gasteiger partial charge in [0.15, 0.2) is 0 Å². The molecule has 5 fully saturated rings. The van der Waals surface area contributed by atoms with E-state index in [-0.39, 0.29) is 0 Å². The Morgan fingerprint density at radius 1 is 0.643 bits per heavy atom. The van der Waals surface area contributed by atoms with Gasteiger partial charge in [0.2, 0.25) is 0 Å². The van der Waals surface area contributed by atoms with Crippen LogP contribution in [0, 0.1) is 57.2 Å². The van der Waals surface area contributed by atoms with Gasteiger partial charge >= 0.3 is 0 Å². The predicted octanol–water partition coefficient (Wildman–Crippen LogP) is 8.50. The van der Waals surface area contributed by atoms with Gasteiger partial charge in [-0.15, -0.1) is 0 Å². The first-order chi connectivity index (χ1) is 13.2. The maximum Gasteiger partial charge on any atom is -0.0235 e. The first kappa shape index (κ1) is 19.9. The van der Waals surface area contributed by atoms with E-state index in [9.17, 15) is 0 Å². The summed E-state index contributed by atoms with van der Waals surface area (Å²) in [6.07, 6.45) is 18.3. The Bertz CT molecular complexity index is 618. The second-order valence-corrected chi connectivity index (χ2v) is 13.6. The average molecular weight is 385 g/mol. The van der Waals surface area contributed by atoms with Gasteiger partial charge < -0.3 is 0 Å². The number of rotatable bonds is 1. The maximum atomic E-state index is 2.80. The molecule has 0 unspecified atom stereocenters. The molecule has 28 heavy (non-hydrogen) atoms. The summed E-state index contributed by atoms with van der Waals surface area (Å²) >= 11 is 0. The summed E-state index contributed by atoms with van der Waals surface area (Å²) in [4.78, 5) is 0. The molecule has 0 spiro atoms. The highest BCUT2D eigenvalue weighted by Crippen LogP contribution is 2.75. The largest absolute Gasteiger partial charge is 0.0651 e. The summed E-state index contributed by atoms with van der Waals surface area (Å²) in [6, 6.07) is 0. The third-order valence-electron chi connectivity index (χ3n) is 12.8. The minimum Gasteiger partial charge on any atom is -0.0651 e. The van der Waals surface area contributed by atoms with Crippen molar-refractivity contribution in [2.45, 2.75) is 119 Å². The molecule has 0 aromatic rings. The SMILES string of the molecule is CC[C@H]1CC[C@]2(C)[C@H]3CC[C@@H]4[C@H]5CCCC(C)(C)[C@@H]5CC[C@@]4(C)[C@]3(C)CC[C@@H]12. The van der Waals surface area contributed by atoms with Crippen LogP contribution >= 0.6 is 0 Å². The smallest absolute Gasteiger partial charge is 0.0235 e. The third kappa shape index (κ3) is 2.36. The monoisotopic (exact) mass is 384 g/mol. The molecule has 0 aromatic heterocycles. The van der Waals surface area contributed by atoms with Crippen LogP contribution in [0.1, 0.15) is 119 Å². The first-order valence-electron chi connectivity index (χ1n) is 13.2. The van der Waals surface area contributed by atoms with Crippen molar-refractivity contribution in [1.82, 2.24) is 0 Å². The van der Waals surface area contributed by atoms with E-state index in [2.05, 4.69) is 41.5 Å². The first-order valence-corrected chi connectivity index (χ1v) is 13.2. The molecule has 0 heterocycles. The molecule has 5 aliphatic rings. The van der Waals surface area contributed by atoms with Crippen LogP contribution in [0.2, 0.25) is 0 Å². The van der Waals surface area contributed by atoms with Crippen LogP contribution in [0.4, 0.5) is 0 Å². The quantitative estimate of drug-likeness (QED) is 0.425. The molecular weight excluding hydrogens is 336 g/mol. The van der Waals surface area contributed by atoms with Crippen LogP contribution < -0.4 is 0 Å². The minimum atomic E-state index is 0.603. The molecule has 5 aliphatic carbocycles. The van der Waals surface area contributed by atoms with Gasteiger partial charge in [-0.2, -0.15) is 0 Å². The van der Waals surface area contributed by atoms with Crippen molar-refractivity contribution in [2.75, 3.05) is 0 Å². The second-order valence-electron chi connectivity index (χ2n) is 13.6. The fraction of sp³-hybridized carbons (Fsp3) is 1.00. The lowest BCUT2D eigenvalue weighted by atomic mass is 9.34. The van der Waals surface area contributed by atoms with Crippen molar-refractivity contribution < 1.29 is 0 Å². The Morgan fingerprint density at radius 3 is 2.11 bits per heavy atom. The molecule has 0 aromatic carbocycles. The summed E-state index contributed by atoms with van der Waals surface area (Å²) in [5, 5.41) is 0. The molecule has 0 bridgehead atoms. The average Bonchev–Trinajstić information content (AvgIpc) is 2.98. The van der Waals surface area contributed by atoms with Crippen LogP contribution in [0.25, 0.3) is 0 Å². The highest BCUT2D eigenvalue weighted by molar-refractivity contribution is 5.16. The Hall–Kier alpha value is 0. The van der Waals surface area contributed by atoms with E-state index in [4.69, 9.17) is 0 Å². The molecule has 0 amide bonds. The topological polar surface area (TPSA) is 0 Å². The zero-order chi connectivity index (χ0) is 19.9. The van der Waals surface area contributed by atoms with Gasteiger partial charge in [-0.25, -0.2) is 0 Å². The molecule has 160 valence electrons. The highest BCUT2D eigenvalue weighted by atomic mass is 14.7.